The highest BCUT2D eigenvalue weighted by molar-refractivity contribution is 7.12. The molecule has 4 heterocycles. The van der Waals surface area contributed by atoms with E-state index >= 15 is 0 Å². The predicted octanol–water partition coefficient (Wildman–Crippen LogP) is 7.08. The van der Waals surface area contributed by atoms with Gasteiger partial charge in [-0.25, -0.2) is 0 Å². The maximum atomic E-state index is 13.1. The highest BCUT2D eigenvalue weighted by Crippen LogP contribution is 2.27. The molecule has 2 saturated heterocycles. The summed E-state index contributed by atoms with van der Waals surface area (Å²) in [4.78, 5) is 57.1. The van der Waals surface area contributed by atoms with Gasteiger partial charge in [0.15, 0.2) is 0 Å². The van der Waals surface area contributed by atoms with Gasteiger partial charge in [-0.05, 0) is 109 Å². The van der Waals surface area contributed by atoms with E-state index in [4.69, 9.17) is 0 Å². The first-order chi connectivity index (χ1) is 22.3. The van der Waals surface area contributed by atoms with Crippen molar-refractivity contribution >= 4 is 69.8 Å². The molecule has 4 aromatic rings. The molecule has 0 aliphatic carbocycles. The highest BCUT2D eigenvalue weighted by atomic mass is 32.1. The first kappa shape index (κ1) is 31.4. The Hall–Kier alpha value is -4.54. The van der Waals surface area contributed by atoms with Gasteiger partial charge in [-0.3, -0.25) is 19.2 Å². The van der Waals surface area contributed by atoms with Crippen LogP contribution in [-0.2, 0) is 9.59 Å². The van der Waals surface area contributed by atoms with E-state index in [2.05, 4.69) is 10.6 Å². The third kappa shape index (κ3) is 6.83. The van der Waals surface area contributed by atoms with Crippen LogP contribution >= 0.6 is 22.7 Å². The molecule has 4 amide bonds. The van der Waals surface area contributed by atoms with Gasteiger partial charge in [0.25, 0.3) is 11.8 Å². The van der Waals surface area contributed by atoms with Crippen LogP contribution < -0.4 is 10.6 Å². The molecule has 10 heteroatoms. The Morgan fingerprint density at radius 1 is 0.630 bits per heavy atom. The van der Waals surface area contributed by atoms with Gasteiger partial charge in [0.2, 0.25) is 11.8 Å². The number of nitrogens with zero attached hydrogens (tertiary/aromatic N) is 2. The van der Waals surface area contributed by atoms with Gasteiger partial charge in [-0.15, -0.1) is 22.7 Å². The number of hydrogen-bond acceptors (Lipinski definition) is 6. The molecule has 2 atom stereocenters. The van der Waals surface area contributed by atoms with E-state index in [1.165, 1.54) is 22.7 Å². The molecule has 2 N–H and O–H groups in total. The van der Waals surface area contributed by atoms with Crippen molar-refractivity contribution < 1.29 is 19.2 Å². The smallest absolute Gasteiger partial charge is 0.264 e. The molecular weight excluding hydrogens is 617 g/mol. The van der Waals surface area contributed by atoms with Crippen LogP contribution in [0, 0.1) is 13.8 Å². The number of nitrogens with one attached hydrogen (secondary N) is 2. The molecule has 6 rings (SSSR count). The van der Waals surface area contributed by atoms with E-state index in [0.717, 1.165) is 35.1 Å². The summed E-state index contributed by atoms with van der Waals surface area (Å²) in [5, 5.41) is 9.77. The van der Waals surface area contributed by atoms with Gasteiger partial charge in [0.1, 0.15) is 12.1 Å². The Balaban J connectivity index is 1.01. The summed E-state index contributed by atoms with van der Waals surface area (Å²) in [6.45, 7) is 5.01. The van der Waals surface area contributed by atoms with Crippen molar-refractivity contribution in [1.29, 1.82) is 0 Å². The van der Waals surface area contributed by atoms with E-state index in [1.54, 1.807) is 9.80 Å². The van der Waals surface area contributed by atoms with Crippen LogP contribution in [-0.4, -0.2) is 58.6 Å². The number of amides is 4. The minimum Gasteiger partial charge on any atom is -0.326 e. The van der Waals surface area contributed by atoms with Crippen LogP contribution in [0.15, 0.2) is 71.4 Å². The molecule has 236 valence electrons. The fourth-order valence-corrected chi connectivity index (χ4v) is 7.77. The molecule has 0 unspecified atom stereocenters. The Morgan fingerprint density at radius 3 is 1.37 bits per heavy atom. The summed E-state index contributed by atoms with van der Waals surface area (Å²) in [5.74, 6) is -0.475. The fraction of sp³-hybridized carbons (Fsp3) is 0.278. The number of benzene rings is 2. The van der Waals surface area contributed by atoms with E-state index in [9.17, 15) is 19.2 Å². The number of anilines is 2. The van der Waals surface area contributed by atoms with Crippen LogP contribution in [0.3, 0.4) is 0 Å². The highest BCUT2D eigenvalue weighted by Gasteiger charge is 2.36. The summed E-state index contributed by atoms with van der Waals surface area (Å²) >= 11 is 2.83. The average molecular weight is 653 g/mol. The minimum absolute atomic E-state index is 0.0714. The molecule has 2 aliphatic heterocycles. The zero-order chi connectivity index (χ0) is 32.2. The van der Waals surface area contributed by atoms with Crippen molar-refractivity contribution in [2.24, 2.45) is 0 Å². The number of likely N-dealkylation sites (tertiary alicyclic amines) is 2. The Morgan fingerprint density at radius 2 is 1.02 bits per heavy atom. The Bertz CT molecular complexity index is 1640. The van der Waals surface area contributed by atoms with Gasteiger partial charge >= 0.3 is 0 Å². The molecule has 2 aliphatic rings. The number of rotatable bonds is 8. The maximum Gasteiger partial charge on any atom is 0.264 e. The summed E-state index contributed by atoms with van der Waals surface area (Å²) in [7, 11) is 0. The fourth-order valence-electron chi connectivity index (χ4n) is 6.01. The predicted molar refractivity (Wildman–Crippen MR) is 185 cm³/mol. The van der Waals surface area contributed by atoms with Gasteiger partial charge in [0.05, 0.1) is 9.75 Å². The number of hydrogen-bond donors (Lipinski definition) is 2. The van der Waals surface area contributed by atoms with Crippen LogP contribution in [0.1, 0.15) is 67.3 Å². The number of carbonyl (C=O) groups is 4. The lowest BCUT2D eigenvalue weighted by Gasteiger charge is -2.24. The van der Waals surface area contributed by atoms with E-state index < -0.39 is 12.1 Å². The zero-order valence-electron chi connectivity index (χ0n) is 25.8. The normalized spacial score (nSPS) is 17.9. The second kappa shape index (κ2) is 13.8. The van der Waals surface area contributed by atoms with E-state index in [-0.39, 0.29) is 23.6 Å². The number of aryl methyl sites for hydroxylation is 2. The summed E-state index contributed by atoms with van der Waals surface area (Å²) < 4.78 is 0. The quantitative estimate of drug-likeness (QED) is 0.199. The van der Waals surface area contributed by atoms with Crippen LogP contribution in [0.25, 0.3) is 12.2 Å². The van der Waals surface area contributed by atoms with Crippen molar-refractivity contribution in [2.75, 3.05) is 23.7 Å². The van der Waals surface area contributed by atoms with Crippen LogP contribution in [0.4, 0.5) is 11.4 Å². The second-order valence-corrected chi connectivity index (χ2v) is 13.6. The zero-order valence-corrected chi connectivity index (χ0v) is 27.5. The summed E-state index contributed by atoms with van der Waals surface area (Å²) in [6, 6.07) is 18.1. The van der Waals surface area contributed by atoms with Gasteiger partial charge in [-0.2, -0.15) is 0 Å². The summed E-state index contributed by atoms with van der Waals surface area (Å²) in [5.41, 5.74) is 5.18. The molecule has 0 bridgehead atoms. The van der Waals surface area contributed by atoms with E-state index in [1.807, 2.05) is 97.4 Å². The molecule has 2 aromatic carbocycles. The SMILES string of the molecule is Cc1ccsc1C(=O)N1CCC[C@H]1C(=O)Nc1ccc(C=Cc2ccc(NC(=O)[C@@H]3CCCN3C(=O)c3sccc3C)cc2)cc1. The lowest BCUT2D eigenvalue weighted by Crippen LogP contribution is -2.43. The molecule has 46 heavy (non-hydrogen) atoms. The third-order valence-electron chi connectivity index (χ3n) is 8.57. The topological polar surface area (TPSA) is 98.8 Å². The largest absolute Gasteiger partial charge is 0.326 e. The van der Waals surface area contributed by atoms with Crippen LogP contribution in [0.2, 0.25) is 0 Å². The van der Waals surface area contributed by atoms with E-state index in [0.29, 0.717) is 47.1 Å². The number of thiophene rings is 2. The van der Waals surface area contributed by atoms with Gasteiger partial charge in [-0.1, -0.05) is 36.4 Å². The lowest BCUT2D eigenvalue weighted by molar-refractivity contribution is -0.120. The molecule has 2 aromatic heterocycles. The first-order valence-electron chi connectivity index (χ1n) is 15.5. The monoisotopic (exact) mass is 652 g/mol. The lowest BCUT2D eigenvalue weighted by atomic mass is 10.1. The number of carbonyl (C=O) groups excluding carboxylic acids is 4. The van der Waals surface area contributed by atoms with Gasteiger partial charge < -0.3 is 20.4 Å². The van der Waals surface area contributed by atoms with Crippen molar-refractivity contribution in [1.82, 2.24) is 9.80 Å². The average Bonchev–Trinajstić information content (AvgIpc) is 3.88. The molecule has 0 spiro atoms. The molecule has 0 radical (unpaired) electrons. The Kier molecular flexibility index (Phi) is 9.46. The van der Waals surface area contributed by atoms with Crippen molar-refractivity contribution in [2.45, 2.75) is 51.6 Å². The van der Waals surface area contributed by atoms with Crippen LogP contribution in [0.5, 0.6) is 0 Å². The molecule has 0 saturated carbocycles. The summed E-state index contributed by atoms with van der Waals surface area (Å²) in [6.07, 6.45) is 6.88. The third-order valence-corrected chi connectivity index (χ3v) is 10.6. The Labute approximate surface area is 276 Å². The standard InChI is InChI=1S/C36H36N4O4S2/c1-23-17-21-45-31(23)35(43)39-19-3-5-29(39)33(41)37-27-13-9-25(10-14-27)7-8-26-11-15-28(16-12-26)38-34(42)30-6-4-20-40(30)36(44)32-24(2)18-22-46-32/h7-18,21-22,29-30H,3-6,19-20H2,1-2H3,(H,37,41)(H,38,42)/t29-,30-/m0/s1. The molecular formula is C36H36N4O4S2. The van der Waals surface area contributed by atoms with Crippen molar-refractivity contribution in [3.8, 4) is 0 Å². The minimum atomic E-state index is -0.476. The molecule has 8 nitrogen and oxygen atoms in total. The van der Waals surface area contributed by atoms with Crippen molar-refractivity contribution in [3.63, 3.8) is 0 Å². The van der Waals surface area contributed by atoms with Gasteiger partial charge in [0, 0.05) is 24.5 Å². The van der Waals surface area contributed by atoms with Crippen molar-refractivity contribution in [3.05, 3.63) is 103 Å². The molecule has 2 fully saturated rings. The first-order valence-corrected chi connectivity index (χ1v) is 17.2. The maximum absolute atomic E-state index is 13.1. The second-order valence-electron chi connectivity index (χ2n) is 11.7.